The van der Waals surface area contributed by atoms with E-state index in [1.165, 1.54) is 0 Å². The third-order valence-electron chi connectivity index (χ3n) is 3.41. The van der Waals surface area contributed by atoms with Gasteiger partial charge in [-0.05, 0) is 37.5 Å². The molecule has 4 heteroatoms. The van der Waals surface area contributed by atoms with Gasteiger partial charge in [0.2, 0.25) is 0 Å². The number of rotatable bonds is 4. The Morgan fingerprint density at radius 2 is 2.33 bits per heavy atom. The van der Waals surface area contributed by atoms with Crippen LogP contribution in [-0.2, 0) is 4.74 Å². The van der Waals surface area contributed by atoms with Crippen LogP contribution in [0.2, 0.25) is 5.02 Å². The Morgan fingerprint density at radius 1 is 1.56 bits per heavy atom. The molecule has 0 aromatic heterocycles. The van der Waals surface area contributed by atoms with Gasteiger partial charge in [-0.3, -0.25) is 0 Å². The summed E-state index contributed by atoms with van der Waals surface area (Å²) in [5, 5.41) is 0.755. The van der Waals surface area contributed by atoms with Gasteiger partial charge in [-0.15, -0.1) is 0 Å². The van der Waals surface area contributed by atoms with E-state index in [4.69, 9.17) is 22.1 Å². The van der Waals surface area contributed by atoms with Gasteiger partial charge in [0.25, 0.3) is 0 Å². The Hall–Kier alpha value is -0.770. The first-order valence-electron chi connectivity index (χ1n) is 6.45. The molecule has 2 N–H and O–H groups in total. The standard InChI is InChI=1S/C14H21ClN2O/c1-10(16)11-5-6-14(13(15)8-11)17(2)9-12-4-3-7-18-12/h5-6,8,10,12H,3-4,7,9,16H2,1-2H3. The SMILES string of the molecule is CC(N)c1ccc(N(C)CC2CCCO2)c(Cl)c1. The van der Waals surface area contributed by atoms with Gasteiger partial charge in [0, 0.05) is 26.2 Å². The van der Waals surface area contributed by atoms with Crippen LogP contribution in [0.3, 0.4) is 0 Å². The maximum Gasteiger partial charge on any atom is 0.0750 e. The van der Waals surface area contributed by atoms with Crippen molar-refractivity contribution in [3.8, 4) is 0 Å². The van der Waals surface area contributed by atoms with Crippen molar-refractivity contribution in [2.45, 2.75) is 31.9 Å². The van der Waals surface area contributed by atoms with Crippen LogP contribution in [0.4, 0.5) is 5.69 Å². The smallest absolute Gasteiger partial charge is 0.0750 e. The highest BCUT2D eigenvalue weighted by molar-refractivity contribution is 6.33. The minimum Gasteiger partial charge on any atom is -0.376 e. The number of benzene rings is 1. The zero-order chi connectivity index (χ0) is 13.1. The minimum atomic E-state index is 0.0139. The van der Waals surface area contributed by atoms with Crippen LogP contribution in [0.5, 0.6) is 0 Å². The Kier molecular flexibility index (Phi) is 4.49. The van der Waals surface area contributed by atoms with E-state index in [2.05, 4.69) is 11.9 Å². The highest BCUT2D eigenvalue weighted by Gasteiger charge is 2.18. The lowest BCUT2D eigenvalue weighted by Gasteiger charge is -2.24. The summed E-state index contributed by atoms with van der Waals surface area (Å²) < 4.78 is 5.64. The average Bonchev–Trinajstić information content (AvgIpc) is 2.81. The summed E-state index contributed by atoms with van der Waals surface area (Å²) in [4.78, 5) is 2.16. The highest BCUT2D eigenvalue weighted by atomic mass is 35.5. The Balaban J connectivity index is 2.07. The maximum atomic E-state index is 6.32. The summed E-state index contributed by atoms with van der Waals surface area (Å²) in [7, 11) is 2.05. The van der Waals surface area contributed by atoms with Crippen molar-refractivity contribution in [1.82, 2.24) is 0 Å². The zero-order valence-electron chi connectivity index (χ0n) is 11.0. The lowest BCUT2D eigenvalue weighted by molar-refractivity contribution is 0.116. The van der Waals surface area contributed by atoms with Crippen LogP contribution in [0.25, 0.3) is 0 Å². The molecule has 2 rings (SSSR count). The van der Waals surface area contributed by atoms with Crippen molar-refractivity contribution in [3.05, 3.63) is 28.8 Å². The summed E-state index contributed by atoms with van der Waals surface area (Å²) in [6, 6.07) is 6.04. The topological polar surface area (TPSA) is 38.5 Å². The molecule has 18 heavy (non-hydrogen) atoms. The molecule has 0 aliphatic carbocycles. The van der Waals surface area contributed by atoms with E-state index in [0.29, 0.717) is 6.10 Å². The van der Waals surface area contributed by atoms with Crippen LogP contribution in [0.1, 0.15) is 31.4 Å². The largest absolute Gasteiger partial charge is 0.376 e. The Labute approximate surface area is 114 Å². The molecule has 100 valence electrons. The first-order valence-corrected chi connectivity index (χ1v) is 6.83. The lowest BCUT2D eigenvalue weighted by atomic mass is 10.1. The van der Waals surface area contributed by atoms with Gasteiger partial charge in [0.05, 0.1) is 16.8 Å². The molecular formula is C14H21ClN2O. The van der Waals surface area contributed by atoms with Crippen LogP contribution >= 0.6 is 11.6 Å². The maximum absolute atomic E-state index is 6.32. The first kappa shape index (κ1) is 13.7. The Morgan fingerprint density at radius 3 is 2.89 bits per heavy atom. The number of ether oxygens (including phenoxy) is 1. The predicted molar refractivity (Wildman–Crippen MR) is 76.3 cm³/mol. The molecule has 2 unspecified atom stereocenters. The van der Waals surface area contributed by atoms with Crippen molar-refractivity contribution in [2.75, 3.05) is 25.1 Å². The average molecular weight is 269 g/mol. The minimum absolute atomic E-state index is 0.0139. The van der Waals surface area contributed by atoms with Crippen LogP contribution < -0.4 is 10.6 Å². The van der Waals surface area contributed by atoms with Gasteiger partial charge in [0.15, 0.2) is 0 Å². The van der Waals surface area contributed by atoms with E-state index >= 15 is 0 Å². The molecule has 1 fully saturated rings. The van der Waals surface area contributed by atoms with E-state index in [0.717, 1.165) is 42.3 Å². The van der Waals surface area contributed by atoms with Crippen molar-refractivity contribution in [1.29, 1.82) is 0 Å². The van der Waals surface area contributed by atoms with E-state index in [1.54, 1.807) is 0 Å². The van der Waals surface area contributed by atoms with Crippen molar-refractivity contribution < 1.29 is 4.74 Å². The fraction of sp³-hybridized carbons (Fsp3) is 0.571. The summed E-state index contributed by atoms with van der Waals surface area (Å²) in [5.74, 6) is 0. The quantitative estimate of drug-likeness (QED) is 0.912. The van der Waals surface area contributed by atoms with Crippen LogP contribution in [0.15, 0.2) is 18.2 Å². The monoisotopic (exact) mass is 268 g/mol. The fourth-order valence-electron chi connectivity index (χ4n) is 2.31. The zero-order valence-corrected chi connectivity index (χ0v) is 11.8. The summed E-state index contributed by atoms with van der Waals surface area (Å²) in [6.45, 7) is 3.73. The first-order chi connectivity index (χ1) is 8.58. The number of nitrogens with two attached hydrogens (primary N) is 1. The number of halogens is 1. The van der Waals surface area contributed by atoms with Gasteiger partial charge < -0.3 is 15.4 Å². The molecule has 1 aliphatic rings. The molecule has 0 bridgehead atoms. The third kappa shape index (κ3) is 3.16. The molecule has 0 amide bonds. The van der Waals surface area contributed by atoms with Gasteiger partial charge in [-0.2, -0.15) is 0 Å². The number of anilines is 1. The fourth-order valence-corrected chi connectivity index (χ4v) is 2.64. The molecule has 1 aromatic rings. The number of nitrogens with zero attached hydrogens (tertiary/aromatic N) is 1. The lowest BCUT2D eigenvalue weighted by Crippen LogP contribution is -2.28. The number of hydrogen-bond donors (Lipinski definition) is 1. The van der Waals surface area contributed by atoms with Gasteiger partial charge in [-0.25, -0.2) is 0 Å². The molecular weight excluding hydrogens is 248 g/mol. The second-order valence-electron chi connectivity index (χ2n) is 5.02. The molecule has 3 nitrogen and oxygen atoms in total. The van der Waals surface area contributed by atoms with E-state index in [9.17, 15) is 0 Å². The Bertz CT molecular complexity index is 403. The summed E-state index contributed by atoms with van der Waals surface area (Å²) in [5.41, 5.74) is 7.95. The van der Waals surface area contributed by atoms with Gasteiger partial charge >= 0.3 is 0 Å². The highest BCUT2D eigenvalue weighted by Crippen LogP contribution is 2.28. The molecule has 1 aromatic carbocycles. The van der Waals surface area contributed by atoms with Crippen LogP contribution in [0, 0.1) is 0 Å². The van der Waals surface area contributed by atoms with E-state index < -0.39 is 0 Å². The molecule has 1 heterocycles. The molecule has 0 radical (unpaired) electrons. The molecule has 1 saturated heterocycles. The number of likely N-dealkylation sites (N-methyl/N-ethyl adjacent to an activating group) is 1. The van der Waals surface area contributed by atoms with Crippen molar-refractivity contribution in [2.24, 2.45) is 5.73 Å². The van der Waals surface area contributed by atoms with Crippen molar-refractivity contribution in [3.63, 3.8) is 0 Å². The third-order valence-corrected chi connectivity index (χ3v) is 3.71. The second-order valence-corrected chi connectivity index (χ2v) is 5.42. The van der Waals surface area contributed by atoms with Crippen molar-refractivity contribution >= 4 is 17.3 Å². The van der Waals surface area contributed by atoms with Gasteiger partial charge in [0.1, 0.15) is 0 Å². The van der Waals surface area contributed by atoms with E-state index in [-0.39, 0.29) is 6.04 Å². The molecule has 0 spiro atoms. The molecule has 2 atom stereocenters. The van der Waals surface area contributed by atoms with Crippen LogP contribution in [-0.4, -0.2) is 26.3 Å². The predicted octanol–water partition coefficient (Wildman–Crippen LogP) is 2.97. The van der Waals surface area contributed by atoms with Gasteiger partial charge in [-0.1, -0.05) is 17.7 Å². The van der Waals surface area contributed by atoms with E-state index in [1.807, 2.05) is 25.1 Å². The second kappa shape index (κ2) is 5.91. The summed E-state index contributed by atoms with van der Waals surface area (Å²) in [6.07, 6.45) is 2.63. The normalized spacial score (nSPS) is 21.0. The summed E-state index contributed by atoms with van der Waals surface area (Å²) >= 11 is 6.32. The molecule has 1 aliphatic heterocycles. The molecule has 0 saturated carbocycles. The number of hydrogen-bond acceptors (Lipinski definition) is 3.